The molecule has 1 aliphatic carbocycles. The Hall–Kier alpha value is -1.42. The third-order valence-electron chi connectivity index (χ3n) is 2.99. The maximum atomic E-state index is 13.7. The largest absolute Gasteiger partial charge is 0.320 e. The highest BCUT2D eigenvalue weighted by atomic mass is 32.2. The summed E-state index contributed by atoms with van der Waals surface area (Å²) in [5.41, 5.74) is 5.34. The molecule has 3 N–H and O–H groups in total. The lowest BCUT2D eigenvalue weighted by molar-refractivity contribution is 0.574. The molecule has 102 valence electrons. The third-order valence-corrected chi connectivity index (χ3v) is 4.48. The van der Waals surface area contributed by atoms with Gasteiger partial charge in [0.2, 0.25) is 10.0 Å². The minimum atomic E-state index is -3.65. The van der Waals surface area contributed by atoms with Crippen molar-refractivity contribution in [2.45, 2.75) is 24.3 Å². The van der Waals surface area contributed by atoms with Gasteiger partial charge < -0.3 is 5.73 Å². The van der Waals surface area contributed by atoms with E-state index in [0.29, 0.717) is 5.92 Å². The summed E-state index contributed by atoms with van der Waals surface area (Å²) in [6.07, 6.45) is 0.821. The van der Waals surface area contributed by atoms with Gasteiger partial charge in [-0.15, -0.1) is 0 Å². The van der Waals surface area contributed by atoms with Crippen molar-refractivity contribution in [2.75, 3.05) is 6.54 Å². The molecule has 0 amide bonds. The van der Waals surface area contributed by atoms with Crippen LogP contribution in [-0.2, 0) is 10.0 Å². The summed E-state index contributed by atoms with van der Waals surface area (Å²) >= 11 is 0. The maximum Gasteiger partial charge on any atom is 0.240 e. The highest BCUT2D eigenvalue weighted by molar-refractivity contribution is 7.89. The minimum Gasteiger partial charge on any atom is -0.320 e. The summed E-state index contributed by atoms with van der Waals surface area (Å²) in [6, 6.07) is 3.64. The van der Waals surface area contributed by atoms with Crippen molar-refractivity contribution in [1.82, 2.24) is 4.72 Å². The fourth-order valence-electron chi connectivity index (χ4n) is 1.66. The number of sulfonamides is 1. The molecule has 0 spiro atoms. The predicted octanol–water partition coefficient (Wildman–Crippen LogP) is 0.823. The summed E-state index contributed by atoms with van der Waals surface area (Å²) in [5.74, 6) is 4.75. The summed E-state index contributed by atoms with van der Waals surface area (Å²) in [5, 5.41) is 0. The zero-order valence-corrected chi connectivity index (χ0v) is 11.3. The molecule has 1 saturated carbocycles. The average Bonchev–Trinajstić information content (AvgIpc) is 3.02. The second kappa shape index (κ2) is 5.29. The first-order valence-electron chi connectivity index (χ1n) is 5.95. The molecule has 0 aliphatic heterocycles. The molecule has 2 unspecified atom stereocenters. The standard InChI is InChI=1S/C13H15FN2O2S/c1-9-7-13(9)16-19(17,18)11-5-4-10(3-2-6-15)12(14)8-11/h4-5,8-9,13,16H,6-7,15H2,1H3. The molecule has 0 saturated heterocycles. The van der Waals surface area contributed by atoms with Crippen LogP contribution in [0.3, 0.4) is 0 Å². The highest BCUT2D eigenvalue weighted by Gasteiger charge is 2.36. The molecule has 0 aromatic heterocycles. The lowest BCUT2D eigenvalue weighted by Gasteiger charge is -2.06. The zero-order chi connectivity index (χ0) is 14.0. The van der Waals surface area contributed by atoms with Gasteiger partial charge in [-0.25, -0.2) is 17.5 Å². The number of hydrogen-bond acceptors (Lipinski definition) is 3. The van der Waals surface area contributed by atoms with Crippen molar-refractivity contribution >= 4 is 10.0 Å². The Bertz CT molecular complexity index is 646. The van der Waals surface area contributed by atoms with Gasteiger partial charge in [-0.1, -0.05) is 18.8 Å². The molecule has 6 heteroatoms. The van der Waals surface area contributed by atoms with Crippen molar-refractivity contribution in [2.24, 2.45) is 11.7 Å². The Morgan fingerprint density at radius 2 is 2.21 bits per heavy atom. The van der Waals surface area contributed by atoms with Crippen molar-refractivity contribution in [3.63, 3.8) is 0 Å². The summed E-state index contributed by atoms with van der Waals surface area (Å²) in [6.45, 7) is 2.08. The maximum absolute atomic E-state index is 13.7. The van der Waals surface area contributed by atoms with Crippen LogP contribution < -0.4 is 10.5 Å². The van der Waals surface area contributed by atoms with Crippen LogP contribution in [-0.4, -0.2) is 21.0 Å². The number of rotatable bonds is 3. The lowest BCUT2D eigenvalue weighted by Crippen LogP contribution is -2.26. The van der Waals surface area contributed by atoms with Crippen molar-refractivity contribution in [1.29, 1.82) is 0 Å². The van der Waals surface area contributed by atoms with Gasteiger partial charge in [0.25, 0.3) is 0 Å². The Balaban J connectivity index is 2.23. The average molecular weight is 282 g/mol. The number of nitrogens with two attached hydrogens (primary N) is 1. The molecule has 0 radical (unpaired) electrons. The first-order chi connectivity index (χ1) is 8.94. The fourth-order valence-corrected chi connectivity index (χ4v) is 3.03. The van der Waals surface area contributed by atoms with E-state index < -0.39 is 15.8 Å². The van der Waals surface area contributed by atoms with Gasteiger partial charge in [-0.05, 0) is 30.5 Å². The Morgan fingerprint density at radius 1 is 1.53 bits per heavy atom. The van der Waals surface area contributed by atoms with Crippen LogP contribution in [0.25, 0.3) is 0 Å². The molecule has 1 aromatic carbocycles. The van der Waals surface area contributed by atoms with E-state index >= 15 is 0 Å². The topological polar surface area (TPSA) is 72.2 Å². The number of nitrogens with one attached hydrogen (secondary N) is 1. The van der Waals surface area contributed by atoms with Crippen molar-refractivity contribution in [3.05, 3.63) is 29.6 Å². The van der Waals surface area contributed by atoms with Crippen LogP contribution in [0, 0.1) is 23.6 Å². The molecule has 4 nitrogen and oxygen atoms in total. The normalized spacial score (nSPS) is 21.6. The van der Waals surface area contributed by atoms with Gasteiger partial charge in [-0.2, -0.15) is 0 Å². The molecule has 1 fully saturated rings. The van der Waals surface area contributed by atoms with E-state index in [-0.39, 0.29) is 23.0 Å². The van der Waals surface area contributed by atoms with E-state index in [2.05, 4.69) is 16.6 Å². The first kappa shape index (κ1) is 14.0. The summed E-state index contributed by atoms with van der Waals surface area (Å²) in [7, 11) is -3.65. The minimum absolute atomic E-state index is 0.0373. The molecule has 2 atom stereocenters. The molecule has 2 rings (SSSR count). The highest BCUT2D eigenvalue weighted by Crippen LogP contribution is 2.30. The Morgan fingerprint density at radius 3 is 2.74 bits per heavy atom. The zero-order valence-electron chi connectivity index (χ0n) is 10.5. The fraction of sp³-hybridized carbons (Fsp3) is 0.385. The van der Waals surface area contributed by atoms with Crippen molar-refractivity contribution in [3.8, 4) is 11.8 Å². The van der Waals surface area contributed by atoms with Crippen LogP contribution in [0.15, 0.2) is 23.1 Å². The Kier molecular flexibility index (Phi) is 3.90. The van der Waals surface area contributed by atoms with Gasteiger partial charge in [0.1, 0.15) is 5.82 Å². The monoisotopic (exact) mass is 282 g/mol. The Labute approximate surface area is 112 Å². The van der Waals surface area contributed by atoms with Crippen LogP contribution >= 0.6 is 0 Å². The van der Waals surface area contributed by atoms with E-state index in [9.17, 15) is 12.8 Å². The number of halogens is 1. The van der Waals surface area contributed by atoms with Gasteiger partial charge in [0.15, 0.2) is 0 Å². The van der Waals surface area contributed by atoms with E-state index in [1.807, 2.05) is 6.92 Å². The van der Waals surface area contributed by atoms with E-state index in [0.717, 1.165) is 12.5 Å². The molecule has 1 aliphatic rings. The first-order valence-corrected chi connectivity index (χ1v) is 7.43. The van der Waals surface area contributed by atoms with Gasteiger partial charge in [-0.3, -0.25) is 0 Å². The second-order valence-corrected chi connectivity index (χ2v) is 6.30. The van der Waals surface area contributed by atoms with Gasteiger partial charge in [0, 0.05) is 6.04 Å². The smallest absolute Gasteiger partial charge is 0.240 e. The van der Waals surface area contributed by atoms with E-state index in [1.165, 1.54) is 12.1 Å². The van der Waals surface area contributed by atoms with E-state index in [1.54, 1.807) is 0 Å². The van der Waals surface area contributed by atoms with Crippen LogP contribution in [0.2, 0.25) is 0 Å². The molecule has 0 bridgehead atoms. The predicted molar refractivity (Wildman–Crippen MR) is 70.2 cm³/mol. The molecule has 1 aromatic rings. The molecular formula is C13H15FN2O2S. The van der Waals surface area contributed by atoms with Crippen LogP contribution in [0.5, 0.6) is 0 Å². The summed E-state index contributed by atoms with van der Waals surface area (Å²) in [4.78, 5) is -0.0811. The molecular weight excluding hydrogens is 267 g/mol. The second-order valence-electron chi connectivity index (χ2n) is 4.59. The van der Waals surface area contributed by atoms with E-state index in [4.69, 9.17) is 5.73 Å². The lowest BCUT2D eigenvalue weighted by atomic mass is 10.2. The van der Waals surface area contributed by atoms with Crippen LogP contribution in [0.1, 0.15) is 18.9 Å². The number of hydrogen-bond donors (Lipinski definition) is 2. The van der Waals surface area contributed by atoms with Gasteiger partial charge in [0.05, 0.1) is 17.0 Å². The van der Waals surface area contributed by atoms with Crippen molar-refractivity contribution < 1.29 is 12.8 Å². The quantitative estimate of drug-likeness (QED) is 0.806. The SMILES string of the molecule is CC1CC1NS(=O)(=O)c1ccc(C#CCN)c(F)c1. The number of benzene rings is 1. The van der Waals surface area contributed by atoms with Gasteiger partial charge >= 0.3 is 0 Å². The molecule has 0 heterocycles. The molecule has 19 heavy (non-hydrogen) atoms. The third kappa shape index (κ3) is 3.32. The summed E-state index contributed by atoms with van der Waals surface area (Å²) < 4.78 is 40.2. The van der Waals surface area contributed by atoms with Crippen LogP contribution in [0.4, 0.5) is 4.39 Å².